The lowest BCUT2D eigenvalue weighted by Crippen LogP contribution is -2.39. The predicted molar refractivity (Wildman–Crippen MR) is 73.5 cm³/mol. The van der Waals surface area contributed by atoms with E-state index in [4.69, 9.17) is 5.11 Å². The molecule has 1 unspecified atom stereocenters. The molecule has 1 aromatic heterocycles. The molecule has 4 nitrogen and oxygen atoms in total. The Balaban J connectivity index is 2.85. The monoisotopic (exact) mass is 307 g/mol. The molecule has 20 heavy (non-hydrogen) atoms. The number of carbonyl (C=O) groups is 1. The summed E-state index contributed by atoms with van der Waals surface area (Å²) in [7, 11) is 0. The van der Waals surface area contributed by atoms with Crippen LogP contribution in [0.3, 0.4) is 0 Å². The van der Waals surface area contributed by atoms with E-state index >= 15 is 0 Å². The van der Waals surface area contributed by atoms with Crippen molar-refractivity contribution in [2.24, 2.45) is 5.92 Å². The van der Waals surface area contributed by atoms with Gasteiger partial charge in [-0.3, -0.25) is 4.79 Å². The Kier molecular flexibility index (Phi) is 6.35. The van der Waals surface area contributed by atoms with Gasteiger partial charge in [-0.05, 0) is 25.3 Å². The lowest BCUT2D eigenvalue weighted by Gasteiger charge is -2.21. The van der Waals surface area contributed by atoms with Gasteiger partial charge in [0, 0.05) is 17.5 Å². The minimum atomic E-state index is -2.96. The summed E-state index contributed by atoms with van der Waals surface area (Å²) in [6.45, 7) is 2.53. The highest BCUT2D eigenvalue weighted by Crippen LogP contribution is 2.30. The summed E-state index contributed by atoms with van der Waals surface area (Å²) in [6.07, 6.45) is 0.415. The maximum absolute atomic E-state index is 12.3. The Morgan fingerprint density at radius 2 is 2.15 bits per heavy atom. The van der Waals surface area contributed by atoms with Gasteiger partial charge in [0.15, 0.2) is 0 Å². The van der Waals surface area contributed by atoms with Crippen LogP contribution >= 0.6 is 11.3 Å². The molecule has 1 aromatic rings. The molecular formula is C13H19F2NO3S. The van der Waals surface area contributed by atoms with Gasteiger partial charge in [-0.25, -0.2) is 0 Å². The number of halogens is 2. The average molecular weight is 307 g/mol. The first-order valence-electron chi connectivity index (χ1n) is 6.32. The van der Waals surface area contributed by atoms with E-state index in [2.05, 4.69) is 10.1 Å². The van der Waals surface area contributed by atoms with Crippen LogP contribution in [0.4, 0.5) is 8.78 Å². The predicted octanol–water partition coefficient (Wildman–Crippen LogP) is 2.79. The Labute approximate surface area is 120 Å². The molecule has 1 amide bonds. The molecule has 0 fully saturated rings. The fourth-order valence-corrected chi connectivity index (χ4v) is 2.63. The summed E-state index contributed by atoms with van der Waals surface area (Å²) in [5, 5.41) is 11.7. The fraction of sp³-hybridized carbons (Fsp3) is 0.615. The molecular weight excluding hydrogens is 288 g/mol. The fourth-order valence-electron chi connectivity index (χ4n) is 1.78. The van der Waals surface area contributed by atoms with Crippen LogP contribution in [0.5, 0.6) is 5.75 Å². The molecule has 2 N–H and O–H groups in total. The minimum Gasteiger partial charge on any atom is -0.433 e. The summed E-state index contributed by atoms with van der Waals surface area (Å²) in [4.78, 5) is 13.0. The lowest BCUT2D eigenvalue weighted by molar-refractivity contribution is -0.0498. The molecule has 1 rings (SSSR count). The summed E-state index contributed by atoms with van der Waals surface area (Å²) in [5.74, 6) is -0.427. The van der Waals surface area contributed by atoms with Gasteiger partial charge in [0.05, 0.1) is 0 Å². The molecule has 0 spiro atoms. The largest absolute Gasteiger partial charge is 0.433 e. The Bertz CT molecular complexity index is 449. The number of rotatable bonds is 7. The quantitative estimate of drug-likeness (QED) is 0.814. The molecule has 0 aliphatic rings. The molecule has 114 valence electrons. The SMILES string of the molecule is Cc1cc(OC(F)F)c(C(=O)NC(CCO)C(C)C)s1. The summed E-state index contributed by atoms with van der Waals surface area (Å²) >= 11 is 1.10. The molecule has 7 heteroatoms. The number of hydrogen-bond acceptors (Lipinski definition) is 4. The highest BCUT2D eigenvalue weighted by atomic mass is 32.1. The average Bonchev–Trinajstić information content (AvgIpc) is 2.68. The van der Waals surface area contributed by atoms with Gasteiger partial charge in [-0.15, -0.1) is 11.3 Å². The molecule has 1 heterocycles. The van der Waals surface area contributed by atoms with Crippen molar-refractivity contribution >= 4 is 17.2 Å². The van der Waals surface area contributed by atoms with Crippen LogP contribution in [0.2, 0.25) is 0 Å². The molecule has 0 bridgehead atoms. The van der Waals surface area contributed by atoms with E-state index in [1.54, 1.807) is 6.92 Å². The first kappa shape index (κ1) is 16.8. The van der Waals surface area contributed by atoms with Crippen LogP contribution < -0.4 is 10.1 Å². The number of nitrogens with one attached hydrogen (secondary N) is 1. The van der Waals surface area contributed by atoms with Crippen molar-refractivity contribution in [1.29, 1.82) is 0 Å². The van der Waals surface area contributed by atoms with Crippen molar-refractivity contribution in [2.75, 3.05) is 6.61 Å². The van der Waals surface area contributed by atoms with Gasteiger partial charge in [-0.2, -0.15) is 8.78 Å². The van der Waals surface area contributed by atoms with Gasteiger partial charge in [0.2, 0.25) is 0 Å². The van der Waals surface area contributed by atoms with E-state index < -0.39 is 12.5 Å². The number of hydrogen-bond donors (Lipinski definition) is 2. The summed E-state index contributed by atoms with van der Waals surface area (Å²) in [5.41, 5.74) is 0. The second kappa shape index (κ2) is 7.54. The number of amides is 1. The number of thiophene rings is 1. The zero-order valence-electron chi connectivity index (χ0n) is 11.7. The van der Waals surface area contributed by atoms with E-state index in [9.17, 15) is 13.6 Å². The number of alkyl halides is 2. The highest BCUT2D eigenvalue weighted by Gasteiger charge is 2.22. The van der Waals surface area contributed by atoms with Crippen LogP contribution in [0.15, 0.2) is 6.07 Å². The molecule has 0 saturated heterocycles. The molecule has 0 aliphatic heterocycles. The van der Waals surface area contributed by atoms with Crippen LogP contribution in [0.25, 0.3) is 0 Å². The van der Waals surface area contributed by atoms with Crippen molar-refractivity contribution < 1.29 is 23.4 Å². The second-order valence-electron chi connectivity index (χ2n) is 4.77. The van der Waals surface area contributed by atoms with E-state index in [1.807, 2.05) is 13.8 Å². The van der Waals surface area contributed by atoms with Crippen molar-refractivity contribution in [3.8, 4) is 5.75 Å². The van der Waals surface area contributed by atoms with Gasteiger partial charge in [0.1, 0.15) is 10.6 Å². The molecule has 0 radical (unpaired) electrons. The van der Waals surface area contributed by atoms with Gasteiger partial charge >= 0.3 is 6.61 Å². The third-order valence-electron chi connectivity index (χ3n) is 2.80. The zero-order chi connectivity index (χ0) is 15.3. The standard InChI is InChI=1S/C13H19F2NO3S/c1-7(2)9(4-5-17)16-12(18)11-10(19-13(14)15)6-8(3)20-11/h6-7,9,13,17H,4-5H2,1-3H3,(H,16,18). The van der Waals surface area contributed by atoms with Crippen molar-refractivity contribution in [1.82, 2.24) is 5.32 Å². The number of ether oxygens (including phenoxy) is 1. The van der Waals surface area contributed by atoms with Gasteiger partial charge in [0.25, 0.3) is 5.91 Å². The van der Waals surface area contributed by atoms with E-state index in [1.165, 1.54) is 6.07 Å². The van der Waals surface area contributed by atoms with Crippen LogP contribution in [-0.4, -0.2) is 30.3 Å². The molecule has 1 atom stereocenters. The zero-order valence-corrected chi connectivity index (χ0v) is 12.5. The summed E-state index contributed by atoms with van der Waals surface area (Å²) < 4.78 is 29.0. The second-order valence-corrected chi connectivity index (χ2v) is 6.02. The lowest BCUT2D eigenvalue weighted by atomic mass is 10.0. The Morgan fingerprint density at radius 3 is 2.65 bits per heavy atom. The third kappa shape index (κ3) is 4.72. The van der Waals surface area contributed by atoms with Gasteiger partial charge < -0.3 is 15.2 Å². The normalized spacial score (nSPS) is 12.8. The third-order valence-corrected chi connectivity index (χ3v) is 3.84. The van der Waals surface area contributed by atoms with Crippen LogP contribution in [0.1, 0.15) is 34.8 Å². The number of aryl methyl sites for hydroxylation is 1. The van der Waals surface area contributed by atoms with Crippen molar-refractivity contribution in [3.05, 3.63) is 15.8 Å². The number of aliphatic hydroxyl groups excluding tert-OH is 1. The maximum Gasteiger partial charge on any atom is 0.387 e. The number of aliphatic hydroxyl groups is 1. The molecule has 0 aromatic carbocycles. The molecule has 0 aliphatic carbocycles. The first-order valence-corrected chi connectivity index (χ1v) is 7.13. The Hall–Kier alpha value is -1.21. The maximum atomic E-state index is 12.3. The highest BCUT2D eigenvalue weighted by molar-refractivity contribution is 7.14. The van der Waals surface area contributed by atoms with Crippen LogP contribution in [-0.2, 0) is 0 Å². The smallest absolute Gasteiger partial charge is 0.387 e. The van der Waals surface area contributed by atoms with Crippen molar-refractivity contribution in [2.45, 2.75) is 39.8 Å². The topological polar surface area (TPSA) is 58.6 Å². The van der Waals surface area contributed by atoms with E-state index in [0.717, 1.165) is 11.3 Å². The molecule has 0 saturated carbocycles. The first-order chi connectivity index (χ1) is 9.35. The van der Waals surface area contributed by atoms with Crippen molar-refractivity contribution in [3.63, 3.8) is 0 Å². The van der Waals surface area contributed by atoms with Crippen LogP contribution in [0, 0.1) is 12.8 Å². The van der Waals surface area contributed by atoms with E-state index in [-0.39, 0.29) is 29.2 Å². The minimum absolute atomic E-state index is 0.0486. The number of carbonyl (C=O) groups excluding carboxylic acids is 1. The Morgan fingerprint density at radius 1 is 1.50 bits per heavy atom. The summed E-state index contributed by atoms with van der Waals surface area (Å²) in [6, 6.07) is 1.21. The van der Waals surface area contributed by atoms with Gasteiger partial charge in [-0.1, -0.05) is 13.8 Å². The van der Waals surface area contributed by atoms with E-state index in [0.29, 0.717) is 11.3 Å².